The number of amides is 15. The Morgan fingerprint density at radius 1 is 0.517 bits per heavy atom. The van der Waals surface area contributed by atoms with Gasteiger partial charge >= 0.3 is 17.9 Å². The molecule has 2 aliphatic rings. The molecule has 2 fully saturated rings. The molecule has 45 heteroatoms. The molecule has 0 aliphatic carbocycles. The Labute approximate surface area is 667 Å². The lowest BCUT2D eigenvalue weighted by Crippen LogP contribution is -2.59. The van der Waals surface area contributed by atoms with E-state index in [1.54, 1.807) is 44.2 Å². The summed E-state index contributed by atoms with van der Waals surface area (Å²) < 4.78 is 5.69. The molecular weight excluding hydrogens is 1540 g/mol. The van der Waals surface area contributed by atoms with Crippen LogP contribution in [0.5, 0.6) is 0 Å². The normalized spacial score (nSPS) is 19.5. The number of hydrogen-bond acceptors (Lipinski definition) is 27. The fourth-order valence-electron chi connectivity index (χ4n) is 12.3. The van der Waals surface area contributed by atoms with Gasteiger partial charge in [-0.1, -0.05) is 50.6 Å². The number of aliphatic carboxylic acids is 3. The molecule has 15 amide bonds. The van der Waals surface area contributed by atoms with E-state index < -0.39 is 287 Å². The van der Waals surface area contributed by atoms with Crippen molar-refractivity contribution in [3.63, 3.8) is 0 Å². The third-order valence-electron chi connectivity index (χ3n) is 19.2. The fraction of sp³-hybridized carbons (Fsp3) is 0.662. The molecule has 0 aromatic heterocycles. The summed E-state index contributed by atoms with van der Waals surface area (Å²) >= 11 is 0. The molecule has 0 spiro atoms. The van der Waals surface area contributed by atoms with Crippen molar-refractivity contribution in [1.29, 1.82) is 0 Å². The average molecular weight is 1650 g/mol. The van der Waals surface area contributed by atoms with Gasteiger partial charge in [0.2, 0.25) is 88.6 Å². The molecule has 2 saturated heterocycles. The van der Waals surface area contributed by atoms with E-state index in [4.69, 9.17) is 27.7 Å². The van der Waals surface area contributed by atoms with E-state index in [9.17, 15) is 127 Å². The molecule has 29 N–H and O–H groups in total. The zero-order chi connectivity index (χ0) is 87.1. The quantitative estimate of drug-likeness (QED) is 0.0269. The van der Waals surface area contributed by atoms with Crippen LogP contribution in [-0.4, -0.2) is 308 Å². The number of aliphatic hydroxyl groups excluding tert-OH is 5. The van der Waals surface area contributed by atoms with Gasteiger partial charge in [-0.05, 0) is 115 Å². The largest absolute Gasteiger partial charge is 0.481 e. The number of carbonyl (C=O) groups excluding carboxylic acids is 15. The molecule has 1 unspecified atom stereocenters. The second-order valence-corrected chi connectivity index (χ2v) is 28.2. The maximum Gasteiger partial charge on any atom is 0.328 e. The summed E-state index contributed by atoms with van der Waals surface area (Å²) in [6.45, 7) is 1.09. The van der Waals surface area contributed by atoms with E-state index in [0.717, 1.165) is 11.8 Å². The summed E-state index contributed by atoms with van der Waals surface area (Å²) in [5.41, 5.74) is 23.1. The molecule has 650 valence electrons. The highest BCUT2D eigenvalue weighted by Crippen LogP contribution is 2.28. The van der Waals surface area contributed by atoms with Crippen LogP contribution in [0.4, 0.5) is 0 Å². The Hall–Kier alpha value is -10.7. The van der Waals surface area contributed by atoms with E-state index in [-0.39, 0.29) is 76.9 Å². The number of carboxylic acid groups (broad SMARTS) is 3. The van der Waals surface area contributed by atoms with Crippen LogP contribution >= 0.6 is 0 Å². The van der Waals surface area contributed by atoms with Gasteiger partial charge in [-0.15, -0.1) is 0 Å². The topological polar surface area (TPSA) is 742 Å². The number of unbranched alkanes of at least 4 members (excludes halogenated alkanes) is 1. The number of carbonyl (C=O) groups is 18. The minimum Gasteiger partial charge on any atom is -0.481 e. The Bertz CT molecular complexity index is 3530. The van der Waals surface area contributed by atoms with Crippen molar-refractivity contribution in [2.75, 3.05) is 59.0 Å². The predicted molar refractivity (Wildman–Crippen MR) is 403 cm³/mol. The van der Waals surface area contributed by atoms with Gasteiger partial charge < -0.3 is 143 Å². The Morgan fingerprint density at radius 3 is 1.51 bits per heavy atom. The number of hydrogen-bond donors (Lipinski definition) is 25. The number of nitrogens with zero attached hydrogens (tertiary/aromatic N) is 1. The summed E-state index contributed by atoms with van der Waals surface area (Å²) in [5, 5.41) is 111. The minimum absolute atomic E-state index is 0.0343. The summed E-state index contributed by atoms with van der Waals surface area (Å²) in [7, 11) is 0. The summed E-state index contributed by atoms with van der Waals surface area (Å²) in [4.78, 5) is 239. The van der Waals surface area contributed by atoms with Crippen molar-refractivity contribution < 1.29 is 132 Å². The lowest BCUT2D eigenvalue weighted by atomic mass is 9.87. The summed E-state index contributed by atoms with van der Waals surface area (Å²) in [6.07, 6.45) is -12.7. The lowest BCUT2D eigenvalue weighted by Gasteiger charge is -2.41. The first-order valence-corrected chi connectivity index (χ1v) is 38.0. The third-order valence-corrected chi connectivity index (χ3v) is 19.2. The molecule has 3 rings (SSSR count). The molecule has 2 heterocycles. The molecule has 116 heavy (non-hydrogen) atoms. The third kappa shape index (κ3) is 34.8. The van der Waals surface area contributed by atoms with E-state index >= 15 is 0 Å². The van der Waals surface area contributed by atoms with Crippen LogP contribution in [0.25, 0.3) is 0 Å². The number of aliphatic hydroxyl groups is 5. The van der Waals surface area contributed by atoms with Crippen LogP contribution in [0.3, 0.4) is 0 Å². The molecule has 0 radical (unpaired) electrons. The highest BCUT2D eigenvalue weighted by Gasteiger charge is 2.45. The van der Waals surface area contributed by atoms with Gasteiger partial charge in [0.25, 0.3) is 0 Å². The highest BCUT2D eigenvalue weighted by molar-refractivity contribution is 5.99. The Kier molecular flexibility index (Phi) is 44.0. The fourth-order valence-corrected chi connectivity index (χ4v) is 12.3. The van der Waals surface area contributed by atoms with Crippen molar-refractivity contribution >= 4 is 107 Å². The zero-order valence-electron chi connectivity index (χ0n) is 65.0. The highest BCUT2D eigenvalue weighted by atomic mass is 16.5. The molecule has 1 aromatic carbocycles. The maximum atomic E-state index is 14.6. The van der Waals surface area contributed by atoms with Gasteiger partial charge in [0.15, 0.2) is 6.04 Å². The molecule has 1 aromatic rings. The van der Waals surface area contributed by atoms with E-state index in [1.165, 1.54) is 6.92 Å². The van der Waals surface area contributed by atoms with Crippen molar-refractivity contribution in [2.24, 2.45) is 34.8 Å². The van der Waals surface area contributed by atoms with Crippen LogP contribution in [0.2, 0.25) is 0 Å². The first kappa shape index (κ1) is 99.5. The van der Waals surface area contributed by atoms with Crippen molar-refractivity contribution in [3.8, 4) is 0 Å². The van der Waals surface area contributed by atoms with E-state index in [2.05, 4.69) is 63.8 Å². The molecule has 45 nitrogen and oxygen atoms in total. The number of nitrogens with two attached hydrogens (primary N) is 4. The summed E-state index contributed by atoms with van der Waals surface area (Å²) in [6, 6.07) is -7.12. The maximum absolute atomic E-state index is 14.6. The first-order chi connectivity index (χ1) is 54.8. The smallest absolute Gasteiger partial charge is 0.328 e. The number of primary amides is 1. The number of ether oxygens (including phenoxy) is 1. The molecule has 18 atom stereocenters. The van der Waals surface area contributed by atoms with Crippen LogP contribution in [-0.2, 0) is 97.5 Å². The number of rotatable bonds is 53. The standard InChI is InChI=1S/C71H114N18O27/c1-5-35(2)57(87-50(93)29-74)70(113)80-36(3)62(105)76-30-53(96)83-45(26-38-12-7-6-8-13-38)68(111)85-41(17-16-39(28-73)27-47-59(102)61(104)60(103)48(34-90)116-47)64(107)78-32-51(94)81-43(19-22-55(98)99)66(109)84-42(18-21-49(75)92)65(108)79-33-54(97)89-25-11-15-46(89)69(112)86-40(14-9-10-24-72)63(106)77-31-52(95)82-44(20-23-56(100)101)67(110)88-58(37(4)91)71(114)115/h6-8,12-13,35-37,39-48,57-61,90-91,102-104H,5,9-11,14-34,72-74H2,1-4H3,(H2,75,92)(H,76,105)(H,77,106)(H,78,107)(H,79,108)(H,80,113)(H,81,94)(H,82,95)(H,83,96)(H,84,109)(H,85,111)(H,86,112)(H,87,93)(H,88,110)(H,98,99)(H,100,101)(H,114,115)/t35-,36-,37+,39-,40-,41?,42-,43-,44-,45-,46-,47-,48+,57-,58-,59-,60-,61+/m0/s1. The number of carboxylic acids is 3. The van der Waals surface area contributed by atoms with E-state index in [0.29, 0.717) is 18.4 Å². The predicted octanol–water partition coefficient (Wildman–Crippen LogP) is -10.8. The van der Waals surface area contributed by atoms with Crippen LogP contribution in [0.15, 0.2) is 30.3 Å². The average Bonchev–Trinajstić information content (AvgIpc) is 1.22. The minimum atomic E-state index is -1.84. The molecular formula is C71H114N18O27. The second kappa shape index (κ2) is 51.3. The van der Waals surface area contributed by atoms with Gasteiger partial charge in [0.1, 0.15) is 78.8 Å². The first-order valence-electron chi connectivity index (χ1n) is 38.0. The Balaban J connectivity index is 1.85. The zero-order valence-corrected chi connectivity index (χ0v) is 65.0. The second-order valence-electron chi connectivity index (χ2n) is 28.2. The number of benzene rings is 1. The van der Waals surface area contributed by atoms with Gasteiger partial charge in [0, 0.05) is 32.2 Å². The van der Waals surface area contributed by atoms with Gasteiger partial charge in [-0.3, -0.25) is 81.5 Å². The van der Waals surface area contributed by atoms with Crippen molar-refractivity contribution in [3.05, 3.63) is 35.9 Å². The SMILES string of the molecule is CC[C@H](C)[C@H](NC(=O)CN)C(=O)N[C@@H](C)C(=O)NCC(=O)N[C@@H](Cc1ccccc1)C(=O)NC(CC[C@H](CN)C[C@@H]1O[C@H](CO)[C@H](O)[C@H](O)[C@H]1O)C(=O)NCC(=O)N[C@@H](CCC(=O)O)C(=O)N[C@@H](CCC(N)=O)C(=O)NCC(=O)N1CCC[C@H]1C(=O)N[C@@H](CCCCN)C(=O)NCC(=O)N[C@@H](CCC(=O)O)C(=O)N[C@H](C(=O)O)[C@@H](C)O. The lowest BCUT2D eigenvalue weighted by molar-refractivity contribution is -0.232. The van der Waals surface area contributed by atoms with Crippen LogP contribution in [0, 0.1) is 11.8 Å². The van der Waals surface area contributed by atoms with Gasteiger partial charge in [-0.25, -0.2) is 4.79 Å². The van der Waals surface area contributed by atoms with E-state index in [1.807, 2.05) is 5.32 Å². The molecule has 2 aliphatic heterocycles. The number of likely N-dealkylation sites (tertiary alicyclic amines) is 1. The van der Waals surface area contributed by atoms with Gasteiger partial charge in [-0.2, -0.15) is 0 Å². The van der Waals surface area contributed by atoms with Gasteiger partial charge in [0.05, 0.1) is 51.5 Å². The monoisotopic (exact) mass is 1650 g/mol. The Morgan fingerprint density at radius 2 is 1.01 bits per heavy atom. The number of nitrogens with one attached hydrogen (secondary N) is 13. The molecule has 0 saturated carbocycles. The van der Waals surface area contributed by atoms with Crippen LogP contribution < -0.4 is 92.1 Å². The van der Waals surface area contributed by atoms with Crippen LogP contribution in [0.1, 0.15) is 130 Å². The van der Waals surface area contributed by atoms with Crippen molar-refractivity contribution in [1.82, 2.24) is 74.0 Å². The summed E-state index contributed by atoms with van der Waals surface area (Å²) in [5.74, 6) is -20.2. The van der Waals surface area contributed by atoms with Crippen molar-refractivity contribution in [2.45, 2.75) is 227 Å². The molecule has 0 bridgehead atoms.